The zero-order valence-corrected chi connectivity index (χ0v) is 11.6. The van der Waals surface area contributed by atoms with Crippen LogP contribution in [-0.2, 0) is 9.53 Å². The third kappa shape index (κ3) is 2.11. The Morgan fingerprint density at radius 3 is 2.85 bits per heavy atom. The summed E-state index contributed by atoms with van der Waals surface area (Å²) in [5, 5.41) is 0. The van der Waals surface area contributed by atoms with Crippen molar-refractivity contribution in [2.75, 3.05) is 7.11 Å². The van der Waals surface area contributed by atoms with Gasteiger partial charge in [0.2, 0.25) is 0 Å². The fourth-order valence-corrected chi connectivity index (χ4v) is 3.63. The average Bonchev–Trinajstić information content (AvgIpc) is 3.12. The third-order valence-corrected chi connectivity index (χ3v) is 4.56. The molecule has 1 amide bonds. The maximum Gasteiger partial charge on any atom is 0.328 e. The monoisotopic (exact) mass is 277 g/mol. The van der Waals surface area contributed by atoms with E-state index in [2.05, 4.69) is 0 Å². The Kier molecular flexibility index (Phi) is 3.51. The molecule has 1 saturated carbocycles. The van der Waals surface area contributed by atoms with Gasteiger partial charge in [0.1, 0.15) is 12.3 Å². The minimum absolute atomic E-state index is 0.122. The highest BCUT2D eigenvalue weighted by Gasteiger charge is 2.48. The molecular weight excluding hydrogens is 258 g/mol. The first-order valence-electron chi connectivity index (χ1n) is 7.15. The van der Waals surface area contributed by atoms with Crippen LogP contribution in [0.25, 0.3) is 0 Å². The normalized spacial score (nSPS) is 29.1. The highest BCUT2D eigenvalue weighted by molar-refractivity contribution is 5.97. The number of methoxy groups -OCH3 is 1. The molecule has 3 atom stereocenters. The van der Waals surface area contributed by atoms with Crippen LogP contribution in [0, 0.1) is 5.92 Å². The first-order chi connectivity index (χ1) is 9.72. The van der Waals surface area contributed by atoms with Gasteiger partial charge in [0, 0.05) is 6.04 Å². The highest BCUT2D eigenvalue weighted by Crippen LogP contribution is 2.40. The number of esters is 1. The summed E-state index contributed by atoms with van der Waals surface area (Å²) >= 11 is 0. The molecule has 1 aliphatic carbocycles. The predicted octanol–water partition coefficient (Wildman–Crippen LogP) is 2.23. The zero-order chi connectivity index (χ0) is 14.1. The predicted molar refractivity (Wildman–Crippen MR) is 71.0 cm³/mol. The highest BCUT2D eigenvalue weighted by atomic mass is 16.5. The van der Waals surface area contributed by atoms with Crippen LogP contribution in [0.3, 0.4) is 0 Å². The first-order valence-corrected chi connectivity index (χ1v) is 7.15. The molecule has 2 heterocycles. The molecule has 0 spiro atoms. The lowest BCUT2D eigenvalue weighted by Gasteiger charge is -2.33. The van der Waals surface area contributed by atoms with E-state index in [0.717, 1.165) is 25.7 Å². The molecule has 0 aromatic carbocycles. The van der Waals surface area contributed by atoms with E-state index < -0.39 is 6.04 Å². The van der Waals surface area contributed by atoms with Gasteiger partial charge < -0.3 is 14.1 Å². The fourth-order valence-electron chi connectivity index (χ4n) is 3.63. The lowest BCUT2D eigenvalue weighted by molar-refractivity contribution is -0.145. The second-order valence-corrected chi connectivity index (χ2v) is 5.61. The quantitative estimate of drug-likeness (QED) is 0.778. The molecule has 0 radical (unpaired) electrons. The van der Waals surface area contributed by atoms with Crippen LogP contribution >= 0.6 is 0 Å². The number of carbonyl (C=O) groups is 2. The van der Waals surface area contributed by atoms with E-state index in [1.807, 2.05) is 0 Å². The Morgan fingerprint density at radius 2 is 2.15 bits per heavy atom. The molecule has 20 heavy (non-hydrogen) atoms. The summed E-state index contributed by atoms with van der Waals surface area (Å²) in [5.41, 5.74) is 0.505. The summed E-state index contributed by atoms with van der Waals surface area (Å²) in [6.07, 6.45) is 8.00. The van der Waals surface area contributed by atoms with E-state index in [1.54, 1.807) is 11.0 Å². The number of carbonyl (C=O) groups excluding carboxylic acids is 2. The first kappa shape index (κ1) is 13.2. The number of amides is 1. The van der Waals surface area contributed by atoms with E-state index in [4.69, 9.17) is 9.15 Å². The van der Waals surface area contributed by atoms with Crippen LogP contribution in [-0.4, -0.2) is 36.0 Å². The minimum Gasteiger partial charge on any atom is -0.472 e. The summed E-state index contributed by atoms with van der Waals surface area (Å²) < 4.78 is 9.87. The summed E-state index contributed by atoms with van der Waals surface area (Å²) in [5.74, 6) is -0.0107. The Morgan fingerprint density at radius 1 is 1.35 bits per heavy atom. The van der Waals surface area contributed by atoms with E-state index in [9.17, 15) is 9.59 Å². The number of likely N-dealkylation sites (tertiary alicyclic amines) is 1. The van der Waals surface area contributed by atoms with Crippen LogP contribution in [0.15, 0.2) is 23.0 Å². The summed E-state index contributed by atoms with van der Waals surface area (Å²) in [6.45, 7) is 0. The van der Waals surface area contributed by atoms with E-state index >= 15 is 0 Å². The lowest BCUT2D eigenvalue weighted by atomic mass is 9.84. The number of rotatable bonds is 2. The van der Waals surface area contributed by atoms with Crippen LogP contribution in [0.4, 0.5) is 0 Å². The van der Waals surface area contributed by atoms with Crippen molar-refractivity contribution >= 4 is 11.9 Å². The van der Waals surface area contributed by atoms with Crippen LogP contribution < -0.4 is 0 Å². The molecule has 1 aliphatic heterocycles. The van der Waals surface area contributed by atoms with Gasteiger partial charge in [0.25, 0.3) is 5.91 Å². The molecule has 5 nitrogen and oxygen atoms in total. The van der Waals surface area contributed by atoms with Crippen molar-refractivity contribution in [1.29, 1.82) is 0 Å². The van der Waals surface area contributed by atoms with Gasteiger partial charge in [-0.25, -0.2) is 4.79 Å². The molecule has 2 aliphatic rings. The average molecular weight is 277 g/mol. The van der Waals surface area contributed by atoms with Gasteiger partial charge in [0.05, 0.1) is 18.9 Å². The Bertz CT molecular complexity index is 496. The van der Waals surface area contributed by atoms with Crippen LogP contribution in [0.1, 0.15) is 42.5 Å². The maximum absolute atomic E-state index is 12.7. The Balaban J connectivity index is 1.90. The van der Waals surface area contributed by atoms with Crippen LogP contribution in [0.2, 0.25) is 0 Å². The second kappa shape index (κ2) is 5.31. The van der Waals surface area contributed by atoms with Crippen LogP contribution in [0.5, 0.6) is 0 Å². The number of hydrogen-bond donors (Lipinski definition) is 0. The molecule has 1 aromatic rings. The van der Waals surface area contributed by atoms with Gasteiger partial charge in [0.15, 0.2) is 0 Å². The molecule has 3 rings (SSSR count). The summed E-state index contributed by atoms with van der Waals surface area (Å²) in [7, 11) is 1.38. The van der Waals surface area contributed by atoms with E-state index in [0.29, 0.717) is 11.5 Å². The van der Waals surface area contributed by atoms with E-state index in [1.165, 1.54) is 26.1 Å². The molecule has 2 fully saturated rings. The van der Waals surface area contributed by atoms with Gasteiger partial charge in [-0.15, -0.1) is 0 Å². The number of fused-ring (bicyclic) bond motifs is 1. The lowest BCUT2D eigenvalue weighted by Crippen LogP contribution is -2.46. The molecule has 108 valence electrons. The minimum atomic E-state index is -0.449. The zero-order valence-electron chi connectivity index (χ0n) is 11.6. The molecule has 0 N–H and O–H groups in total. The van der Waals surface area contributed by atoms with Gasteiger partial charge >= 0.3 is 5.97 Å². The van der Waals surface area contributed by atoms with E-state index in [-0.39, 0.29) is 17.9 Å². The molecule has 1 aromatic heterocycles. The standard InChI is InChI=1S/C15H19NO4/c1-19-15(18)13-8-10-4-2-3-5-12(10)16(13)14(17)11-6-7-20-9-11/h6-7,9-10,12-13H,2-5,8H2,1H3/t10-,12+,13-/m0/s1. The molecule has 1 saturated heterocycles. The molecule has 5 heteroatoms. The summed E-state index contributed by atoms with van der Waals surface area (Å²) in [6, 6.07) is 1.36. The topological polar surface area (TPSA) is 59.8 Å². The maximum atomic E-state index is 12.7. The fraction of sp³-hybridized carbons (Fsp3) is 0.600. The van der Waals surface area contributed by atoms with Crippen molar-refractivity contribution < 1.29 is 18.7 Å². The smallest absolute Gasteiger partial charge is 0.328 e. The number of furan rings is 1. The molecule has 0 unspecified atom stereocenters. The second-order valence-electron chi connectivity index (χ2n) is 5.61. The van der Waals surface area contributed by atoms with Gasteiger partial charge in [-0.05, 0) is 31.2 Å². The summed E-state index contributed by atoms with van der Waals surface area (Å²) in [4.78, 5) is 26.4. The van der Waals surface area contributed by atoms with Crippen molar-refractivity contribution in [3.8, 4) is 0 Å². The van der Waals surface area contributed by atoms with Crippen molar-refractivity contribution in [3.05, 3.63) is 24.2 Å². The number of hydrogen-bond acceptors (Lipinski definition) is 4. The molecular formula is C15H19NO4. The van der Waals surface area contributed by atoms with Gasteiger partial charge in [-0.3, -0.25) is 4.79 Å². The van der Waals surface area contributed by atoms with Gasteiger partial charge in [-0.2, -0.15) is 0 Å². The van der Waals surface area contributed by atoms with Crippen molar-refractivity contribution in [3.63, 3.8) is 0 Å². The number of nitrogens with zero attached hydrogens (tertiary/aromatic N) is 1. The largest absolute Gasteiger partial charge is 0.472 e. The van der Waals surface area contributed by atoms with Gasteiger partial charge in [-0.1, -0.05) is 12.8 Å². The SMILES string of the molecule is COC(=O)[C@@H]1C[C@@H]2CCCC[C@H]2N1C(=O)c1ccoc1. The number of ether oxygens (including phenoxy) is 1. The Hall–Kier alpha value is -1.78. The molecule has 0 bridgehead atoms. The Labute approximate surface area is 117 Å². The van der Waals surface area contributed by atoms with Crippen molar-refractivity contribution in [1.82, 2.24) is 4.90 Å². The third-order valence-electron chi connectivity index (χ3n) is 4.56. The van der Waals surface area contributed by atoms with Crippen molar-refractivity contribution in [2.24, 2.45) is 5.92 Å². The van der Waals surface area contributed by atoms with Crippen molar-refractivity contribution in [2.45, 2.75) is 44.2 Å².